The number of unbranched alkanes of at least 4 members (excludes halogenated alkanes) is 13. The van der Waals surface area contributed by atoms with Crippen LogP contribution in [0, 0.1) is 0 Å². The van der Waals surface area contributed by atoms with Crippen molar-refractivity contribution >= 4 is 0 Å². The zero-order chi connectivity index (χ0) is 20.3. The van der Waals surface area contributed by atoms with E-state index < -0.39 is 0 Å². The molecule has 0 amide bonds. The summed E-state index contributed by atoms with van der Waals surface area (Å²) < 4.78 is 1.23. The minimum Gasteiger partial charge on any atom is -0.322 e. The van der Waals surface area contributed by atoms with E-state index in [1.165, 1.54) is 126 Å². The van der Waals surface area contributed by atoms with Gasteiger partial charge in [0.1, 0.15) is 6.54 Å². The highest BCUT2D eigenvalue weighted by Crippen LogP contribution is 2.18. The van der Waals surface area contributed by atoms with E-state index >= 15 is 0 Å². The van der Waals surface area contributed by atoms with Crippen LogP contribution in [0.4, 0.5) is 0 Å². The summed E-state index contributed by atoms with van der Waals surface area (Å²) in [5.74, 6) is 0. The van der Waals surface area contributed by atoms with Crippen LogP contribution >= 0.6 is 0 Å². The van der Waals surface area contributed by atoms with E-state index in [-0.39, 0.29) is 0 Å². The standard InChI is InChI=1S/C27H50N/c1-4-6-8-10-12-13-14-16-21-25-28(3,24-20-15-11-9-7-5-2)26-27-22-18-17-19-23-27/h17-19,22-23H,4-16,20-21,24-26H2,1-3H3/q+1. The first-order valence-electron chi connectivity index (χ1n) is 12.6. The Morgan fingerprint density at radius 3 is 1.36 bits per heavy atom. The Kier molecular flexibility index (Phi) is 15.4. The maximum Gasteiger partial charge on any atom is 0.104 e. The van der Waals surface area contributed by atoms with Crippen molar-refractivity contribution in [3.63, 3.8) is 0 Å². The number of hydrogen-bond acceptors (Lipinski definition) is 0. The molecule has 0 fully saturated rings. The molecule has 1 rings (SSSR count). The molecule has 0 aliphatic carbocycles. The molecule has 0 saturated carbocycles. The average molecular weight is 389 g/mol. The third kappa shape index (κ3) is 13.4. The van der Waals surface area contributed by atoms with Crippen LogP contribution in [0.1, 0.15) is 116 Å². The van der Waals surface area contributed by atoms with Gasteiger partial charge in [0.05, 0.1) is 20.1 Å². The van der Waals surface area contributed by atoms with E-state index in [0.29, 0.717) is 0 Å². The molecule has 1 unspecified atom stereocenters. The quantitative estimate of drug-likeness (QED) is 0.164. The van der Waals surface area contributed by atoms with E-state index in [2.05, 4.69) is 51.2 Å². The minimum absolute atomic E-state index is 1.20. The van der Waals surface area contributed by atoms with E-state index in [0.717, 1.165) is 0 Å². The molecule has 0 aromatic heterocycles. The largest absolute Gasteiger partial charge is 0.322 e. The van der Waals surface area contributed by atoms with Gasteiger partial charge >= 0.3 is 0 Å². The van der Waals surface area contributed by atoms with Crippen LogP contribution in [0.2, 0.25) is 0 Å². The molecule has 0 radical (unpaired) electrons. The number of nitrogens with zero attached hydrogens (tertiary/aromatic N) is 1. The average Bonchev–Trinajstić information content (AvgIpc) is 2.70. The predicted octanol–water partition coefficient (Wildman–Crippen LogP) is 8.52. The van der Waals surface area contributed by atoms with Crippen LogP contribution in [0.25, 0.3) is 0 Å². The molecular weight excluding hydrogens is 338 g/mol. The lowest BCUT2D eigenvalue weighted by Gasteiger charge is -2.35. The fraction of sp³-hybridized carbons (Fsp3) is 0.778. The zero-order valence-corrected chi connectivity index (χ0v) is 19.6. The second kappa shape index (κ2) is 17.1. The maximum atomic E-state index is 2.50. The Morgan fingerprint density at radius 2 is 0.929 bits per heavy atom. The zero-order valence-electron chi connectivity index (χ0n) is 19.6. The van der Waals surface area contributed by atoms with Gasteiger partial charge in [-0.3, -0.25) is 0 Å². The van der Waals surface area contributed by atoms with Crippen LogP contribution in [0.5, 0.6) is 0 Å². The van der Waals surface area contributed by atoms with Crippen molar-refractivity contribution < 1.29 is 4.48 Å². The monoisotopic (exact) mass is 388 g/mol. The number of benzene rings is 1. The molecule has 1 aromatic rings. The fourth-order valence-electron chi connectivity index (χ4n) is 4.37. The molecule has 0 aliphatic rings. The van der Waals surface area contributed by atoms with Gasteiger partial charge in [0.2, 0.25) is 0 Å². The van der Waals surface area contributed by atoms with Crippen LogP contribution in [-0.4, -0.2) is 24.6 Å². The van der Waals surface area contributed by atoms with Gasteiger partial charge in [-0.05, 0) is 25.7 Å². The molecule has 0 heterocycles. The van der Waals surface area contributed by atoms with Crippen LogP contribution in [0.3, 0.4) is 0 Å². The van der Waals surface area contributed by atoms with Gasteiger partial charge in [0, 0.05) is 5.56 Å². The third-order valence-corrected chi connectivity index (χ3v) is 6.26. The summed E-state index contributed by atoms with van der Waals surface area (Å²) in [5.41, 5.74) is 1.51. The first kappa shape index (κ1) is 25.2. The fourth-order valence-corrected chi connectivity index (χ4v) is 4.37. The van der Waals surface area contributed by atoms with Crippen molar-refractivity contribution in [3.05, 3.63) is 35.9 Å². The molecule has 0 bridgehead atoms. The predicted molar refractivity (Wildman–Crippen MR) is 127 cm³/mol. The molecule has 0 spiro atoms. The summed E-state index contributed by atoms with van der Waals surface area (Å²) in [5, 5.41) is 0. The third-order valence-electron chi connectivity index (χ3n) is 6.26. The number of hydrogen-bond donors (Lipinski definition) is 0. The highest BCUT2D eigenvalue weighted by molar-refractivity contribution is 5.13. The van der Waals surface area contributed by atoms with Crippen LogP contribution in [0.15, 0.2) is 30.3 Å². The van der Waals surface area contributed by atoms with Crippen molar-refractivity contribution in [2.24, 2.45) is 0 Å². The summed E-state index contributed by atoms with van der Waals surface area (Å²) >= 11 is 0. The lowest BCUT2D eigenvalue weighted by Crippen LogP contribution is -2.44. The van der Waals surface area contributed by atoms with Gasteiger partial charge in [-0.1, -0.05) is 115 Å². The highest BCUT2D eigenvalue weighted by Gasteiger charge is 2.21. The molecule has 162 valence electrons. The van der Waals surface area contributed by atoms with Crippen molar-refractivity contribution in [2.45, 2.75) is 117 Å². The Morgan fingerprint density at radius 1 is 0.536 bits per heavy atom. The van der Waals surface area contributed by atoms with Gasteiger partial charge in [0.25, 0.3) is 0 Å². The van der Waals surface area contributed by atoms with Gasteiger partial charge in [0.15, 0.2) is 0 Å². The Hall–Kier alpha value is -0.820. The van der Waals surface area contributed by atoms with Gasteiger partial charge in [-0.2, -0.15) is 0 Å². The van der Waals surface area contributed by atoms with Crippen molar-refractivity contribution in [2.75, 3.05) is 20.1 Å². The molecule has 1 heteroatoms. The first-order valence-corrected chi connectivity index (χ1v) is 12.6. The van der Waals surface area contributed by atoms with Crippen molar-refractivity contribution in [1.29, 1.82) is 0 Å². The Bertz CT molecular complexity index is 441. The summed E-state index contributed by atoms with van der Waals surface area (Å²) in [6, 6.07) is 11.2. The molecule has 1 atom stereocenters. The van der Waals surface area contributed by atoms with Crippen LogP contribution < -0.4 is 0 Å². The normalized spacial score (nSPS) is 13.5. The molecule has 1 nitrogen and oxygen atoms in total. The van der Waals surface area contributed by atoms with Gasteiger partial charge in [-0.25, -0.2) is 0 Å². The first-order chi connectivity index (χ1) is 13.7. The van der Waals surface area contributed by atoms with Crippen LogP contribution in [-0.2, 0) is 6.54 Å². The number of quaternary nitrogens is 1. The molecule has 28 heavy (non-hydrogen) atoms. The van der Waals surface area contributed by atoms with E-state index in [1.807, 2.05) is 0 Å². The van der Waals surface area contributed by atoms with Crippen molar-refractivity contribution in [3.8, 4) is 0 Å². The van der Waals surface area contributed by atoms with Crippen molar-refractivity contribution in [1.82, 2.24) is 0 Å². The lowest BCUT2D eigenvalue weighted by molar-refractivity contribution is -0.923. The van der Waals surface area contributed by atoms with Gasteiger partial charge < -0.3 is 4.48 Å². The molecule has 0 saturated heterocycles. The second-order valence-corrected chi connectivity index (χ2v) is 9.31. The summed E-state index contributed by atoms with van der Waals surface area (Å²) in [6.45, 7) is 8.50. The lowest BCUT2D eigenvalue weighted by atomic mass is 10.1. The second-order valence-electron chi connectivity index (χ2n) is 9.31. The van der Waals surface area contributed by atoms with E-state index in [1.54, 1.807) is 0 Å². The summed E-state index contributed by atoms with van der Waals surface area (Å²) in [6.07, 6.45) is 21.3. The molecular formula is C27H50N+. The maximum absolute atomic E-state index is 2.50. The SMILES string of the molecule is CCCCCCCCCCC[N+](C)(CCCCCCCC)Cc1ccccc1. The Balaban J connectivity index is 2.30. The molecule has 0 N–H and O–H groups in total. The minimum atomic E-state index is 1.20. The Labute approximate surface area is 177 Å². The summed E-state index contributed by atoms with van der Waals surface area (Å²) in [7, 11) is 2.50. The smallest absolute Gasteiger partial charge is 0.104 e. The highest BCUT2D eigenvalue weighted by atomic mass is 15.3. The molecule has 1 aromatic carbocycles. The van der Waals surface area contributed by atoms with E-state index in [9.17, 15) is 0 Å². The topological polar surface area (TPSA) is 0 Å². The van der Waals surface area contributed by atoms with E-state index in [4.69, 9.17) is 0 Å². The summed E-state index contributed by atoms with van der Waals surface area (Å²) in [4.78, 5) is 0. The molecule has 0 aliphatic heterocycles. The number of rotatable bonds is 19. The van der Waals surface area contributed by atoms with Gasteiger partial charge in [-0.15, -0.1) is 0 Å².